The lowest BCUT2D eigenvalue weighted by molar-refractivity contribution is -0.117. The average molecular weight is 153 g/mol. The number of carbonyl (C=O) groups excluding carboxylic acids is 1. The number of hydrogen-bond acceptors (Lipinski definition) is 1. The van der Waals surface area contributed by atoms with E-state index in [1.807, 2.05) is 0 Å². The van der Waals surface area contributed by atoms with Gasteiger partial charge in [-0.25, -0.2) is 0 Å². The number of amides is 1. The molecule has 0 aromatic carbocycles. The molecule has 11 heavy (non-hydrogen) atoms. The molecule has 0 bridgehead atoms. The second-order valence-electron chi connectivity index (χ2n) is 3.23. The van der Waals surface area contributed by atoms with Crippen LogP contribution in [-0.2, 0) is 4.79 Å². The van der Waals surface area contributed by atoms with Crippen LogP contribution in [0.5, 0.6) is 0 Å². The van der Waals surface area contributed by atoms with Crippen LogP contribution in [0.2, 0.25) is 0 Å². The third-order valence-corrected chi connectivity index (χ3v) is 2.37. The smallest absolute Gasteiger partial charge is 0.243 e. The largest absolute Gasteiger partial charge is 0.350 e. The van der Waals surface area contributed by atoms with Crippen molar-refractivity contribution in [1.82, 2.24) is 5.32 Å². The van der Waals surface area contributed by atoms with Crippen LogP contribution in [0.1, 0.15) is 26.2 Å². The quantitative estimate of drug-likeness (QED) is 0.598. The molecule has 0 radical (unpaired) electrons. The van der Waals surface area contributed by atoms with Crippen LogP contribution in [0.4, 0.5) is 0 Å². The van der Waals surface area contributed by atoms with Gasteiger partial charge in [-0.1, -0.05) is 19.9 Å². The third kappa shape index (κ3) is 2.07. The molecule has 1 amide bonds. The van der Waals surface area contributed by atoms with E-state index in [0.29, 0.717) is 12.0 Å². The van der Waals surface area contributed by atoms with Crippen LogP contribution in [0.3, 0.4) is 0 Å². The molecule has 0 unspecified atom stereocenters. The molecule has 0 saturated heterocycles. The van der Waals surface area contributed by atoms with E-state index < -0.39 is 0 Å². The highest BCUT2D eigenvalue weighted by Gasteiger charge is 2.23. The molecule has 2 nitrogen and oxygen atoms in total. The fraction of sp³-hybridized carbons (Fsp3) is 0.667. The fourth-order valence-electron chi connectivity index (χ4n) is 1.60. The van der Waals surface area contributed by atoms with Crippen molar-refractivity contribution in [3.8, 4) is 0 Å². The molecular formula is C9H15NO. The van der Waals surface area contributed by atoms with Crippen molar-refractivity contribution >= 4 is 5.91 Å². The summed E-state index contributed by atoms with van der Waals surface area (Å²) < 4.78 is 0. The molecule has 1 fully saturated rings. The molecule has 1 N–H and O–H groups in total. The van der Waals surface area contributed by atoms with Crippen LogP contribution >= 0.6 is 0 Å². The summed E-state index contributed by atoms with van der Waals surface area (Å²) in [7, 11) is 0. The van der Waals surface area contributed by atoms with E-state index in [2.05, 4.69) is 18.8 Å². The first-order valence-corrected chi connectivity index (χ1v) is 4.17. The standard InChI is InChI=1S/C9H15NO/c1-3-9(11)10-8-6-4-5-7(8)2/h3,7-8H,1,4-6H2,2H3,(H,10,11)/t7-,8+/m0/s1. The number of nitrogens with one attached hydrogen (secondary N) is 1. The lowest BCUT2D eigenvalue weighted by Crippen LogP contribution is -2.35. The van der Waals surface area contributed by atoms with Gasteiger partial charge < -0.3 is 5.32 Å². The van der Waals surface area contributed by atoms with Crippen LogP contribution in [0.25, 0.3) is 0 Å². The fourth-order valence-corrected chi connectivity index (χ4v) is 1.60. The molecule has 0 aromatic heterocycles. The molecule has 0 spiro atoms. The summed E-state index contributed by atoms with van der Waals surface area (Å²) in [6.45, 7) is 5.60. The van der Waals surface area contributed by atoms with Gasteiger partial charge in [-0.15, -0.1) is 0 Å². The molecule has 1 saturated carbocycles. The first-order chi connectivity index (χ1) is 5.24. The normalized spacial score (nSPS) is 29.9. The first-order valence-electron chi connectivity index (χ1n) is 4.17. The molecule has 2 atom stereocenters. The maximum atomic E-state index is 10.9. The van der Waals surface area contributed by atoms with E-state index in [1.165, 1.54) is 18.9 Å². The van der Waals surface area contributed by atoms with Gasteiger partial charge in [-0.3, -0.25) is 4.79 Å². The van der Waals surface area contributed by atoms with E-state index in [9.17, 15) is 4.79 Å². The molecule has 1 rings (SSSR count). The van der Waals surface area contributed by atoms with Gasteiger partial charge in [0.25, 0.3) is 0 Å². The molecule has 1 aliphatic carbocycles. The van der Waals surface area contributed by atoms with Crippen molar-refractivity contribution in [1.29, 1.82) is 0 Å². The van der Waals surface area contributed by atoms with Gasteiger partial charge in [0.05, 0.1) is 0 Å². The molecule has 0 heterocycles. The van der Waals surface area contributed by atoms with Crippen LogP contribution in [-0.4, -0.2) is 11.9 Å². The summed E-state index contributed by atoms with van der Waals surface area (Å²) in [6, 6.07) is 0.389. The minimum Gasteiger partial charge on any atom is -0.350 e. The van der Waals surface area contributed by atoms with Gasteiger partial charge >= 0.3 is 0 Å². The van der Waals surface area contributed by atoms with Gasteiger partial charge in [-0.2, -0.15) is 0 Å². The van der Waals surface area contributed by atoms with Crippen molar-refractivity contribution in [2.75, 3.05) is 0 Å². The topological polar surface area (TPSA) is 29.1 Å². The highest BCUT2D eigenvalue weighted by molar-refractivity contribution is 5.87. The second-order valence-corrected chi connectivity index (χ2v) is 3.23. The molecule has 62 valence electrons. The highest BCUT2D eigenvalue weighted by atomic mass is 16.1. The molecule has 1 aliphatic rings. The summed E-state index contributed by atoms with van der Waals surface area (Å²) in [6.07, 6.45) is 4.94. The Bertz CT molecular complexity index is 165. The van der Waals surface area contributed by atoms with Crippen molar-refractivity contribution in [2.45, 2.75) is 32.2 Å². The van der Waals surface area contributed by atoms with Gasteiger partial charge in [0.15, 0.2) is 0 Å². The monoisotopic (exact) mass is 153 g/mol. The second kappa shape index (κ2) is 3.56. The van der Waals surface area contributed by atoms with E-state index in [1.54, 1.807) is 0 Å². The zero-order valence-electron chi connectivity index (χ0n) is 6.97. The maximum Gasteiger partial charge on any atom is 0.243 e. The Morgan fingerprint density at radius 1 is 1.64 bits per heavy atom. The van der Waals surface area contributed by atoms with Crippen LogP contribution < -0.4 is 5.32 Å². The van der Waals surface area contributed by atoms with Crippen LogP contribution in [0.15, 0.2) is 12.7 Å². The lowest BCUT2D eigenvalue weighted by Gasteiger charge is -2.15. The Kier molecular flexibility index (Phi) is 2.69. The van der Waals surface area contributed by atoms with Crippen molar-refractivity contribution < 1.29 is 4.79 Å². The maximum absolute atomic E-state index is 10.9. The highest BCUT2D eigenvalue weighted by Crippen LogP contribution is 2.24. The number of rotatable bonds is 2. The number of hydrogen-bond donors (Lipinski definition) is 1. The Hall–Kier alpha value is -0.790. The van der Waals surface area contributed by atoms with Crippen LogP contribution in [0, 0.1) is 5.92 Å². The first kappa shape index (κ1) is 8.31. The number of carbonyl (C=O) groups is 1. The predicted octanol–water partition coefficient (Wildman–Crippen LogP) is 1.48. The van der Waals surface area contributed by atoms with E-state index in [4.69, 9.17) is 0 Å². The lowest BCUT2D eigenvalue weighted by atomic mass is 10.1. The zero-order valence-corrected chi connectivity index (χ0v) is 6.97. The summed E-state index contributed by atoms with van der Waals surface area (Å²) in [5, 5.41) is 2.92. The minimum absolute atomic E-state index is 0.0382. The molecule has 0 aliphatic heterocycles. The molecule has 0 aromatic rings. The Labute approximate surface area is 67.7 Å². The summed E-state index contributed by atoms with van der Waals surface area (Å²) in [5.74, 6) is 0.600. The molecular weight excluding hydrogens is 138 g/mol. The summed E-state index contributed by atoms with van der Waals surface area (Å²) >= 11 is 0. The Morgan fingerprint density at radius 3 is 2.82 bits per heavy atom. The Balaban J connectivity index is 2.36. The van der Waals surface area contributed by atoms with Gasteiger partial charge in [0.1, 0.15) is 0 Å². The summed E-state index contributed by atoms with van der Waals surface area (Å²) in [5.41, 5.74) is 0. The predicted molar refractivity (Wildman–Crippen MR) is 45.1 cm³/mol. The van der Waals surface area contributed by atoms with Gasteiger partial charge in [0.2, 0.25) is 5.91 Å². The van der Waals surface area contributed by atoms with Crippen molar-refractivity contribution in [2.24, 2.45) is 5.92 Å². The van der Waals surface area contributed by atoms with E-state index in [-0.39, 0.29) is 5.91 Å². The SMILES string of the molecule is C=CC(=O)N[C@@H]1CCC[C@@H]1C. The minimum atomic E-state index is -0.0382. The summed E-state index contributed by atoms with van der Waals surface area (Å²) in [4.78, 5) is 10.9. The van der Waals surface area contributed by atoms with Crippen molar-refractivity contribution in [3.63, 3.8) is 0 Å². The van der Waals surface area contributed by atoms with E-state index >= 15 is 0 Å². The third-order valence-electron chi connectivity index (χ3n) is 2.37. The molecule has 2 heteroatoms. The van der Waals surface area contributed by atoms with E-state index in [0.717, 1.165) is 6.42 Å². The Morgan fingerprint density at radius 2 is 2.36 bits per heavy atom. The van der Waals surface area contributed by atoms with Gasteiger partial charge in [-0.05, 0) is 24.8 Å². The zero-order chi connectivity index (χ0) is 8.27. The van der Waals surface area contributed by atoms with Crippen molar-refractivity contribution in [3.05, 3.63) is 12.7 Å². The average Bonchev–Trinajstić information content (AvgIpc) is 2.37. The van der Waals surface area contributed by atoms with Gasteiger partial charge in [0, 0.05) is 6.04 Å².